The van der Waals surface area contributed by atoms with Crippen LogP contribution >= 0.6 is 0 Å². The van der Waals surface area contributed by atoms with Crippen molar-refractivity contribution >= 4 is 5.97 Å². The Bertz CT molecular complexity index is 517. The number of nitrogens with zero attached hydrogens (tertiary/aromatic N) is 1. The molecule has 1 N–H and O–H groups in total. The zero-order chi connectivity index (χ0) is 13.6. The van der Waals surface area contributed by atoms with E-state index in [1.807, 2.05) is 11.0 Å². The lowest BCUT2D eigenvalue weighted by molar-refractivity contribution is -0.144. The molecule has 1 heterocycles. The Hall–Kier alpha value is -1.42. The molecule has 1 aliphatic heterocycles. The molecule has 0 bridgehead atoms. The lowest BCUT2D eigenvalue weighted by Crippen LogP contribution is -2.46. The zero-order valence-electron chi connectivity index (χ0n) is 11.0. The van der Waals surface area contributed by atoms with Gasteiger partial charge in [-0.15, -0.1) is 0 Å². The van der Waals surface area contributed by atoms with Gasteiger partial charge in [-0.3, -0.25) is 9.69 Å². The minimum Gasteiger partial charge on any atom is -0.480 e. The summed E-state index contributed by atoms with van der Waals surface area (Å²) in [5.41, 5.74) is 1.51. The van der Waals surface area contributed by atoms with E-state index in [-0.39, 0.29) is 12.2 Å². The summed E-state index contributed by atoms with van der Waals surface area (Å²) >= 11 is 0. The summed E-state index contributed by atoms with van der Waals surface area (Å²) in [6, 6.07) is 4.43. The molecule has 2 aliphatic rings. The number of carboxylic acid groups (broad SMARTS) is 1. The van der Waals surface area contributed by atoms with Crippen LogP contribution in [0.3, 0.4) is 0 Å². The minimum atomic E-state index is -0.845. The largest absolute Gasteiger partial charge is 0.480 e. The highest BCUT2D eigenvalue weighted by Gasteiger charge is 2.39. The third-order valence-corrected chi connectivity index (χ3v) is 4.46. The van der Waals surface area contributed by atoms with E-state index in [4.69, 9.17) is 0 Å². The quantitative estimate of drug-likeness (QED) is 0.909. The highest BCUT2D eigenvalue weighted by atomic mass is 19.1. The van der Waals surface area contributed by atoms with Gasteiger partial charge < -0.3 is 5.11 Å². The summed E-state index contributed by atoms with van der Waals surface area (Å²) in [5, 5.41) is 9.36. The third-order valence-electron chi connectivity index (χ3n) is 4.46. The predicted molar refractivity (Wildman–Crippen MR) is 69.2 cm³/mol. The van der Waals surface area contributed by atoms with Gasteiger partial charge in [-0.2, -0.15) is 0 Å². The number of hydrogen-bond acceptors (Lipinski definition) is 2. The van der Waals surface area contributed by atoms with Gasteiger partial charge in [0.1, 0.15) is 11.9 Å². The van der Waals surface area contributed by atoms with E-state index in [9.17, 15) is 14.3 Å². The number of rotatable bonds is 3. The van der Waals surface area contributed by atoms with Gasteiger partial charge in [0, 0.05) is 19.5 Å². The molecule has 4 heteroatoms. The van der Waals surface area contributed by atoms with Crippen LogP contribution in [0.15, 0.2) is 18.2 Å². The van der Waals surface area contributed by atoms with Crippen molar-refractivity contribution in [2.45, 2.75) is 32.4 Å². The standard InChI is InChI=1S/C15H18FNO2/c1-9-5-11(9)8-17-7-10-3-2-4-13(16)12(10)6-14(17)15(18)19/h2-4,9,11,14H,5-8H2,1H3,(H,18,19). The number of carboxylic acids is 1. The van der Waals surface area contributed by atoms with Crippen LogP contribution in [0, 0.1) is 17.7 Å². The Morgan fingerprint density at radius 2 is 2.26 bits per heavy atom. The van der Waals surface area contributed by atoms with Crippen molar-refractivity contribution in [3.8, 4) is 0 Å². The molecule has 102 valence electrons. The number of aliphatic carboxylic acids is 1. The van der Waals surface area contributed by atoms with Crippen LogP contribution in [-0.4, -0.2) is 28.6 Å². The Balaban J connectivity index is 1.85. The summed E-state index contributed by atoms with van der Waals surface area (Å²) in [5.74, 6) is 0.186. The normalized spacial score (nSPS) is 29.9. The van der Waals surface area contributed by atoms with E-state index >= 15 is 0 Å². The van der Waals surface area contributed by atoms with Crippen molar-refractivity contribution in [1.82, 2.24) is 4.90 Å². The maximum atomic E-state index is 13.8. The monoisotopic (exact) mass is 263 g/mol. The van der Waals surface area contributed by atoms with E-state index in [2.05, 4.69) is 6.92 Å². The molecule has 3 atom stereocenters. The third kappa shape index (κ3) is 2.37. The number of carbonyl (C=O) groups is 1. The van der Waals surface area contributed by atoms with Crippen LogP contribution in [-0.2, 0) is 17.8 Å². The molecule has 1 aliphatic carbocycles. The number of fused-ring (bicyclic) bond motifs is 1. The van der Waals surface area contributed by atoms with E-state index < -0.39 is 12.0 Å². The van der Waals surface area contributed by atoms with Crippen molar-refractivity contribution < 1.29 is 14.3 Å². The van der Waals surface area contributed by atoms with E-state index in [0.29, 0.717) is 23.9 Å². The van der Waals surface area contributed by atoms with E-state index in [1.165, 1.54) is 12.5 Å². The summed E-state index contributed by atoms with van der Waals surface area (Å²) < 4.78 is 13.8. The maximum absolute atomic E-state index is 13.8. The maximum Gasteiger partial charge on any atom is 0.321 e. The molecule has 3 unspecified atom stereocenters. The van der Waals surface area contributed by atoms with Gasteiger partial charge in [0.15, 0.2) is 0 Å². The Morgan fingerprint density at radius 1 is 1.53 bits per heavy atom. The lowest BCUT2D eigenvalue weighted by atomic mass is 9.93. The number of halogens is 1. The lowest BCUT2D eigenvalue weighted by Gasteiger charge is -2.34. The molecule has 1 aromatic rings. The van der Waals surface area contributed by atoms with Crippen LogP contribution in [0.25, 0.3) is 0 Å². The van der Waals surface area contributed by atoms with Crippen molar-refractivity contribution in [2.75, 3.05) is 6.54 Å². The van der Waals surface area contributed by atoms with Gasteiger partial charge in [0.05, 0.1) is 0 Å². The summed E-state index contributed by atoms with van der Waals surface area (Å²) in [6.45, 7) is 3.55. The Kier molecular flexibility index (Phi) is 3.05. The highest BCUT2D eigenvalue weighted by Crippen LogP contribution is 2.39. The average Bonchev–Trinajstić information content (AvgIpc) is 3.04. The second-order valence-electron chi connectivity index (χ2n) is 5.84. The first-order chi connectivity index (χ1) is 9.06. The SMILES string of the molecule is CC1CC1CN1Cc2cccc(F)c2CC1C(=O)O. The second kappa shape index (κ2) is 4.60. The molecule has 0 saturated heterocycles. The van der Waals surface area contributed by atoms with Crippen molar-refractivity contribution in [3.63, 3.8) is 0 Å². The Labute approximate surface area is 112 Å². The molecule has 3 rings (SSSR count). The topological polar surface area (TPSA) is 40.5 Å². The first kappa shape index (κ1) is 12.6. The van der Waals surface area contributed by atoms with Gasteiger partial charge in [0.25, 0.3) is 0 Å². The van der Waals surface area contributed by atoms with Crippen LogP contribution < -0.4 is 0 Å². The molecule has 1 saturated carbocycles. The fourth-order valence-corrected chi connectivity index (χ4v) is 3.02. The summed E-state index contributed by atoms with van der Waals surface area (Å²) in [7, 11) is 0. The minimum absolute atomic E-state index is 0.275. The van der Waals surface area contributed by atoms with Crippen molar-refractivity contribution in [3.05, 3.63) is 35.1 Å². The fourth-order valence-electron chi connectivity index (χ4n) is 3.02. The van der Waals surface area contributed by atoms with Crippen molar-refractivity contribution in [1.29, 1.82) is 0 Å². The summed E-state index contributed by atoms with van der Waals surface area (Å²) in [6.07, 6.45) is 1.46. The van der Waals surface area contributed by atoms with Gasteiger partial charge in [-0.05, 0) is 35.4 Å². The van der Waals surface area contributed by atoms with Gasteiger partial charge in [-0.1, -0.05) is 19.1 Å². The van der Waals surface area contributed by atoms with E-state index in [1.54, 1.807) is 6.07 Å². The van der Waals surface area contributed by atoms with Gasteiger partial charge in [0.2, 0.25) is 0 Å². The molecule has 1 aromatic carbocycles. The smallest absolute Gasteiger partial charge is 0.321 e. The van der Waals surface area contributed by atoms with Crippen LogP contribution in [0.2, 0.25) is 0 Å². The summed E-state index contributed by atoms with van der Waals surface area (Å²) in [4.78, 5) is 13.4. The van der Waals surface area contributed by atoms with Gasteiger partial charge in [-0.25, -0.2) is 4.39 Å². The molecule has 0 aromatic heterocycles. The fraction of sp³-hybridized carbons (Fsp3) is 0.533. The molecular weight excluding hydrogens is 245 g/mol. The first-order valence-electron chi connectivity index (χ1n) is 6.79. The van der Waals surface area contributed by atoms with Crippen LogP contribution in [0.5, 0.6) is 0 Å². The van der Waals surface area contributed by atoms with Gasteiger partial charge >= 0.3 is 5.97 Å². The number of hydrogen-bond donors (Lipinski definition) is 1. The molecule has 3 nitrogen and oxygen atoms in total. The Morgan fingerprint density at radius 3 is 2.89 bits per heavy atom. The predicted octanol–water partition coefficient (Wildman–Crippen LogP) is 2.29. The average molecular weight is 263 g/mol. The van der Waals surface area contributed by atoms with Crippen LogP contribution in [0.1, 0.15) is 24.5 Å². The zero-order valence-corrected chi connectivity index (χ0v) is 11.0. The molecule has 1 fully saturated rings. The molecule has 0 radical (unpaired) electrons. The first-order valence-corrected chi connectivity index (χ1v) is 6.79. The van der Waals surface area contributed by atoms with E-state index in [0.717, 1.165) is 12.1 Å². The molecule has 19 heavy (non-hydrogen) atoms. The second-order valence-corrected chi connectivity index (χ2v) is 5.84. The van der Waals surface area contributed by atoms with Crippen LogP contribution in [0.4, 0.5) is 4.39 Å². The molecular formula is C15H18FNO2. The van der Waals surface area contributed by atoms with Crippen molar-refractivity contribution in [2.24, 2.45) is 11.8 Å². The highest BCUT2D eigenvalue weighted by molar-refractivity contribution is 5.74. The molecule has 0 amide bonds. The molecule has 0 spiro atoms. The number of benzene rings is 1.